The van der Waals surface area contributed by atoms with E-state index in [1.807, 2.05) is 19.2 Å². The molecule has 0 fully saturated rings. The molecule has 4 aromatic rings. The molecular weight excluding hydrogens is 422 g/mol. The SMILES string of the molecule is C=Cc1c(C)nc(N)nc1N1CCOc2c(C)cc(-c3cnc4sc(N)nc4c3)cc2C1. The second-order valence-corrected chi connectivity index (χ2v) is 8.77. The number of pyridine rings is 1. The molecule has 0 unspecified atom stereocenters. The third-order valence-electron chi connectivity index (χ3n) is 5.55. The number of fused-ring (bicyclic) bond motifs is 2. The number of anilines is 3. The van der Waals surface area contributed by atoms with E-state index in [2.05, 4.69) is 50.5 Å². The highest BCUT2D eigenvalue weighted by molar-refractivity contribution is 7.21. The zero-order valence-electron chi connectivity index (χ0n) is 17.9. The summed E-state index contributed by atoms with van der Waals surface area (Å²) in [5, 5.41) is 0.518. The van der Waals surface area contributed by atoms with Crippen LogP contribution in [0.4, 0.5) is 16.9 Å². The molecule has 0 radical (unpaired) electrons. The third kappa shape index (κ3) is 3.50. The lowest BCUT2D eigenvalue weighted by molar-refractivity contribution is 0.329. The fourth-order valence-corrected chi connectivity index (χ4v) is 4.78. The van der Waals surface area contributed by atoms with Crippen LogP contribution in [0.25, 0.3) is 27.6 Å². The van der Waals surface area contributed by atoms with Crippen molar-refractivity contribution in [2.24, 2.45) is 0 Å². The Morgan fingerprint density at radius 3 is 2.78 bits per heavy atom. The van der Waals surface area contributed by atoms with E-state index in [0.717, 1.165) is 55.4 Å². The van der Waals surface area contributed by atoms with Crippen LogP contribution in [0, 0.1) is 13.8 Å². The van der Waals surface area contributed by atoms with Gasteiger partial charge in [0.2, 0.25) is 5.95 Å². The molecule has 162 valence electrons. The van der Waals surface area contributed by atoms with E-state index in [-0.39, 0.29) is 5.95 Å². The number of nitrogen functional groups attached to an aromatic ring is 2. The van der Waals surface area contributed by atoms with Gasteiger partial charge in [-0.1, -0.05) is 24.0 Å². The maximum Gasteiger partial charge on any atom is 0.222 e. The summed E-state index contributed by atoms with van der Waals surface area (Å²) in [4.78, 5) is 20.7. The quantitative estimate of drug-likeness (QED) is 0.487. The van der Waals surface area contributed by atoms with Gasteiger partial charge >= 0.3 is 0 Å². The number of aryl methyl sites for hydroxylation is 2. The van der Waals surface area contributed by atoms with Gasteiger partial charge in [-0.05, 0) is 43.2 Å². The minimum absolute atomic E-state index is 0.250. The number of benzene rings is 1. The predicted molar refractivity (Wildman–Crippen MR) is 130 cm³/mol. The molecule has 0 spiro atoms. The predicted octanol–water partition coefficient (Wildman–Crippen LogP) is 3.97. The van der Waals surface area contributed by atoms with Gasteiger partial charge in [0.15, 0.2) is 5.13 Å². The van der Waals surface area contributed by atoms with Crippen molar-refractivity contribution < 1.29 is 4.74 Å². The highest BCUT2D eigenvalue weighted by Crippen LogP contribution is 2.36. The van der Waals surface area contributed by atoms with E-state index in [1.54, 1.807) is 6.08 Å². The molecule has 3 aromatic heterocycles. The summed E-state index contributed by atoms with van der Waals surface area (Å²) < 4.78 is 6.14. The summed E-state index contributed by atoms with van der Waals surface area (Å²) in [5.74, 6) is 1.92. The first-order chi connectivity index (χ1) is 15.4. The Hall–Kier alpha value is -3.72. The first-order valence-electron chi connectivity index (χ1n) is 10.2. The molecule has 32 heavy (non-hydrogen) atoms. The molecule has 1 aromatic carbocycles. The standard InChI is InChI=1S/C23H23N7OS/c1-4-17-13(3)27-22(24)29-20(17)30-5-6-31-19-12(2)7-14(8-16(19)11-30)15-9-18-21(26-10-15)32-23(25)28-18/h4,7-10H,1,5-6,11H2,2-3H3,(H2,25,28)(H2,24,27,29). The van der Waals surface area contributed by atoms with Gasteiger partial charge in [0.05, 0.1) is 12.2 Å². The summed E-state index contributed by atoms with van der Waals surface area (Å²) in [6.07, 6.45) is 3.64. The fraction of sp³-hybridized carbons (Fsp3) is 0.217. The van der Waals surface area contributed by atoms with Crippen molar-refractivity contribution in [1.82, 2.24) is 19.9 Å². The van der Waals surface area contributed by atoms with Gasteiger partial charge in [-0.3, -0.25) is 0 Å². The van der Waals surface area contributed by atoms with E-state index < -0.39 is 0 Å². The van der Waals surface area contributed by atoms with E-state index >= 15 is 0 Å². The van der Waals surface area contributed by atoms with Crippen LogP contribution < -0.4 is 21.1 Å². The second kappa shape index (κ2) is 7.76. The van der Waals surface area contributed by atoms with Gasteiger partial charge in [0.1, 0.15) is 28.5 Å². The van der Waals surface area contributed by atoms with E-state index in [0.29, 0.717) is 24.8 Å². The van der Waals surface area contributed by atoms with Crippen molar-refractivity contribution >= 4 is 44.7 Å². The number of ether oxygens (including phenoxy) is 1. The van der Waals surface area contributed by atoms with E-state index in [1.165, 1.54) is 11.3 Å². The van der Waals surface area contributed by atoms with Gasteiger partial charge in [0, 0.05) is 29.4 Å². The van der Waals surface area contributed by atoms with Crippen molar-refractivity contribution in [1.29, 1.82) is 0 Å². The lowest BCUT2D eigenvalue weighted by atomic mass is 9.99. The van der Waals surface area contributed by atoms with Gasteiger partial charge in [-0.25, -0.2) is 15.0 Å². The Balaban J connectivity index is 1.58. The molecule has 4 heterocycles. The zero-order valence-corrected chi connectivity index (χ0v) is 18.7. The first kappa shape index (κ1) is 20.2. The third-order valence-corrected chi connectivity index (χ3v) is 6.36. The van der Waals surface area contributed by atoms with Gasteiger partial charge in [-0.2, -0.15) is 4.98 Å². The number of hydrogen-bond acceptors (Lipinski definition) is 9. The monoisotopic (exact) mass is 445 g/mol. The summed E-state index contributed by atoms with van der Waals surface area (Å²) in [6.45, 7) is 9.75. The molecule has 0 saturated heterocycles. The Morgan fingerprint density at radius 2 is 1.97 bits per heavy atom. The van der Waals surface area contributed by atoms with E-state index in [4.69, 9.17) is 16.2 Å². The second-order valence-electron chi connectivity index (χ2n) is 7.76. The van der Waals surface area contributed by atoms with Crippen molar-refractivity contribution in [2.75, 3.05) is 29.5 Å². The molecule has 0 saturated carbocycles. The first-order valence-corrected chi connectivity index (χ1v) is 11.0. The van der Waals surface area contributed by atoms with Crippen molar-refractivity contribution in [3.63, 3.8) is 0 Å². The van der Waals surface area contributed by atoms with Crippen LogP contribution in [-0.4, -0.2) is 33.1 Å². The fourth-order valence-electron chi connectivity index (χ4n) is 4.13. The Morgan fingerprint density at radius 1 is 1.12 bits per heavy atom. The van der Waals surface area contributed by atoms with Crippen LogP contribution >= 0.6 is 11.3 Å². The molecule has 5 rings (SSSR count). The number of thiazole rings is 1. The Labute approximate surface area is 189 Å². The van der Waals surface area contributed by atoms with Gasteiger partial charge in [-0.15, -0.1) is 0 Å². The highest BCUT2D eigenvalue weighted by Gasteiger charge is 2.22. The van der Waals surface area contributed by atoms with Gasteiger partial charge in [0.25, 0.3) is 0 Å². The number of aromatic nitrogens is 4. The molecule has 0 amide bonds. The minimum Gasteiger partial charge on any atom is -0.491 e. The molecular formula is C23H23N7OS. The van der Waals surface area contributed by atoms with Crippen LogP contribution in [0.15, 0.2) is 31.0 Å². The number of nitrogens with two attached hydrogens (primary N) is 2. The average Bonchev–Trinajstić information content (AvgIpc) is 2.98. The van der Waals surface area contributed by atoms with Crippen LogP contribution in [0.3, 0.4) is 0 Å². The van der Waals surface area contributed by atoms with Crippen LogP contribution in [0.2, 0.25) is 0 Å². The van der Waals surface area contributed by atoms with Gasteiger partial charge < -0.3 is 21.1 Å². The summed E-state index contributed by atoms with van der Waals surface area (Å²) in [7, 11) is 0. The Bertz CT molecular complexity index is 1360. The largest absolute Gasteiger partial charge is 0.491 e. The molecule has 4 N–H and O–H groups in total. The van der Waals surface area contributed by atoms with Crippen molar-refractivity contribution in [3.8, 4) is 16.9 Å². The Kier molecular flexibility index (Phi) is 4.90. The highest BCUT2D eigenvalue weighted by atomic mass is 32.1. The average molecular weight is 446 g/mol. The number of nitrogens with zero attached hydrogens (tertiary/aromatic N) is 5. The van der Waals surface area contributed by atoms with Crippen LogP contribution in [0.1, 0.15) is 22.4 Å². The lowest BCUT2D eigenvalue weighted by Crippen LogP contribution is -2.27. The van der Waals surface area contributed by atoms with E-state index in [9.17, 15) is 0 Å². The number of rotatable bonds is 3. The summed E-state index contributed by atoms with van der Waals surface area (Å²) >= 11 is 1.39. The summed E-state index contributed by atoms with van der Waals surface area (Å²) in [6, 6.07) is 6.29. The van der Waals surface area contributed by atoms with Crippen LogP contribution in [-0.2, 0) is 6.54 Å². The molecule has 1 aliphatic rings. The maximum atomic E-state index is 6.14. The summed E-state index contributed by atoms with van der Waals surface area (Å²) in [5.41, 5.74) is 18.5. The molecule has 0 bridgehead atoms. The molecule has 9 heteroatoms. The number of hydrogen-bond donors (Lipinski definition) is 2. The van der Waals surface area contributed by atoms with Crippen LogP contribution in [0.5, 0.6) is 5.75 Å². The van der Waals surface area contributed by atoms with Crippen molar-refractivity contribution in [2.45, 2.75) is 20.4 Å². The normalized spacial score (nSPS) is 13.5. The molecule has 1 aliphatic heterocycles. The molecule has 0 atom stereocenters. The maximum absolute atomic E-state index is 6.14. The molecule has 0 aliphatic carbocycles. The topological polar surface area (TPSA) is 116 Å². The van der Waals surface area contributed by atoms with Crippen molar-refractivity contribution in [3.05, 3.63) is 53.4 Å². The zero-order chi connectivity index (χ0) is 22.4. The lowest BCUT2D eigenvalue weighted by Gasteiger charge is -2.24. The minimum atomic E-state index is 0.250. The smallest absolute Gasteiger partial charge is 0.222 e. The molecule has 8 nitrogen and oxygen atoms in total.